The predicted molar refractivity (Wildman–Crippen MR) is 171 cm³/mol. The van der Waals surface area contributed by atoms with Crippen LogP contribution in [0.4, 0.5) is 28.4 Å². The molecule has 3 nitrogen and oxygen atoms in total. The lowest BCUT2D eigenvalue weighted by Gasteiger charge is -2.26. The van der Waals surface area contributed by atoms with Crippen LogP contribution in [0.25, 0.3) is 42.1 Å². The molecule has 0 bridgehead atoms. The Labute approximate surface area is 235 Å². The van der Waals surface area contributed by atoms with Gasteiger partial charge in [0.05, 0.1) is 0 Å². The molecule has 0 saturated carbocycles. The van der Waals surface area contributed by atoms with Crippen LogP contribution in [-0.4, -0.2) is 0 Å². The fourth-order valence-electron chi connectivity index (χ4n) is 5.56. The molecule has 0 atom stereocenters. The fourth-order valence-corrected chi connectivity index (χ4v) is 6.70. The molecule has 6 aromatic carbocycles. The summed E-state index contributed by atoms with van der Waals surface area (Å²) in [7, 11) is 0. The minimum atomic E-state index is 0.893. The first-order chi connectivity index (χ1) is 19.8. The van der Waals surface area contributed by atoms with Crippen molar-refractivity contribution in [1.82, 2.24) is 0 Å². The molecule has 190 valence electrons. The maximum Gasteiger partial charge on any atom is 0.135 e. The van der Waals surface area contributed by atoms with Gasteiger partial charge in [0, 0.05) is 59.4 Å². The molecule has 8 aromatic rings. The van der Waals surface area contributed by atoms with Gasteiger partial charge < -0.3 is 14.6 Å². The topological polar surface area (TPSA) is 28.4 Å². The highest BCUT2D eigenvalue weighted by Crippen LogP contribution is 2.42. The van der Waals surface area contributed by atoms with Crippen LogP contribution in [0, 0.1) is 0 Å². The van der Waals surface area contributed by atoms with Crippen molar-refractivity contribution < 1.29 is 4.42 Å². The van der Waals surface area contributed by atoms with Crippen LogP contribution in [0.1, 0.15) is 0 Å². The maximum atomic E-state index is 6.15. The Kier molecular flexibility index (Phi) is 5.32. The number of hydrogen-bond acceptors (Lipinski definition) is 4. The van der Waals surface area contributed by atoms with E-state index in [9.17, 15) is 0 Å². The van der Waals surface area contributed by atoms with E-state index in [1.165, 1.54) is 20.2 Å². The molecule has 0 fully saturated rings. The molecule has 0 aliphatic carbocycles. The van der Waals surface area contributed by atoms with E-state index >= 15 is 0 Å². The highest BCUT2D eigenvalue weighted by Gasteiger charge is 2.17. The Bertz CT molecular complexity index is 2160. The lowest BCUT2D eigenvalue weighted by atomic mass is 10.1. The number of thiophene rings is 1. The Morgan fingerprint density at radius 1 is 0.450 bits per heavy atom. The molecule has 0 aliphatic rings. The van der Waals surface area contributed by atoms with E-state index in [1.54, 1.807) is 0 Å². The SMILES string of the molecule is c1ccc(Nc2cccc(N(c3ccc4c(c3)sc3ccccc34)c3ccc4oc5ccccc5c4c3)c2)cc1. The predicted octanol–water partition coefficient (Wildman–Crippen LogP) is 11.2. The number of para-hydroxylation sites is 2. The summed E-state index contributed by atoms with van der Waals surface area (Å²) >= 11 is 1.84. The molecule has 4 heteroatoms. The Hall–Kier alpha value is -5.06. The number of nitrogens with one attached hydrogen (secondary N) is 1. The summed E-state index contributed by atoms with van der Waals surface area (Å²) in [5, 5.41) is 8.39. The van der Waals surface area contributed by atoms with Crippen LogP contribution in [0.2, 0.25) is 0 Å². The van der Waals surface area contributed by atoms with Crippen LogP contribution in [0.5, 0.6) is 0 Å². The third kappa shape index (κ3) is 3.89. The van der Waals surface area contributed by atoms with Crippen LogP contribution in [0.3, 0.4) is 0 Å². The normalized spacial score (nSPS) is 11.5. The number of benzene rings is 6. The van der Waals surface area contributed by atoms with Crippen molar-refractivity contribution in [3.05, 3.63) is 140 Å². The zero-order valence-corrected chi connectivity index (χ0v) is 22.4. The van der Waals surface area contributed by atoms with Crippen LogP contribution in [0.15, 0.2) is 144 Å². The lowest BCUT2D eigenvalue weighted by Crippen LogP contribution is -2.10. The first-order valence-corrected chi connectivity index (χ1v) is 14.2. The molecule has 2 heterocycles. The van der Waals surface area contributed by atoms with E-state index < -0.39 is 0 Å². The van der Waals surface area contributed by atoms with Gasteiger partial charge in [-0.15, -0.1) is 11.3 Å². The molecule has 8 rings (SSSR count). The Morgan fingerprint density at radius 3 is 2.05 bits per heavy atom. The van der Waals surface area contributed by atoms with E-state index in [4.69, 9.17) is 4.42 Å². The summed E-state index contributed by atoms with van der Waals surface area (Å²) in [5.41, 5.74) is 7.16. The van der Waals surface area contributed by atoms with Crippen molar-refractivity contribution in [1.29, 1.82) is 0 Å². The molecule has 0 saturated heterocycles. The standard InChI is InChI=1S/C36H24N2OS/c1-2-9-24(10-3-1)37-25-11-8-12-26(21-25)38(27-18-20-34-32(22-27)29-13-4-6-15-33(29)39-34)28-17-19-31-30-14-5-7-16-35(30)40-36(31)23-28/h1-23,37H. The summed E-state index contributed by atoms with van der Waals surface area (Å²) < 4.78 is 8.73. The van der Waals surface area contributed by atoms with E-state index in [0.717, 1.165) is 50.4 Å². The quantitative estimate of drug-likeness (QED) is 0.239. The number of hydrogen-bond donors (Lipinski definition) is 1. The highest BCUT2D eigenvalue weighted by molar-refractivity contribution is 7.25. The third-order valence-electron chi connectivity index (χ3n) is 7.41. The summed E-state index contributed by atoms with van der Waals surface area (Å²) in [6.07, 6.45) is 0. The maximum absolute atomic E-state index is 6.15. The molecule has 40 heavy (non-hydrogen) atoms. The van der Waals surface area contributed by atoms with Gasteiger partial charge in [-0.2, -0.15) is 0 Å². The third-order valence-corrected chi connectivity index (χ3v) is 8.54. The van der Waals surface area contributed by atoms with Gasteiger partial charge in [0.2, 0.25) is 0 Å². The number of nitrogens with zero attached hydrogens (tertiary/aromatic N) is 1. The van der Waals surface area contributed by atoms with Gasteiger partial charge in [-0.1, -0.05) is 66.7 Å². The molecule has 0 radical (unpaired) electrons. The minimum absolute atomic E-state index is 0.893. The lowest BCUT2D eigenvalue weighted by molar-refractivity contribution is 0.669. The van der Waals surface area contributed by atoms with E-state index in [0.29, 0.717) is 0 Å². The first kappa shape index (κ1) is 22.9. The van der Waals surface area contributed by atoms with Crippen molar-refractivity contribution in [3.8, 4) is 0 Å². The Balaban J connectivity index is 1.31. The summed E-state index contributed by atoms with van der Waals surface area (Å²) in [5.74, 6) is 0. The molecular formula is C36H24N2OS. The zero-order valence-electron chi connectivity index (χ0n) is 21.5. The Morgan fingerprint density at radius 2 is 1.12 bits per heavy atom. The van der Waals surface area contributed by atoms with Crippen molar-refractivity contribution in [2.45, 2.75) is 0 Å². The monoisotopic (exact) mass is 532 g/mol. The first-order valence-electron chi connectivity index (χ1n) is 13.4. The van der Waals surface area contributed by atoms with Gasteiger partial charge in [-0.3, -0.25) is 0 Å². The average Bonchev–Trinajstić information content (AvgIpc) is 3.56. The van der Waals surface area contributed by atoms with Gasteiger partial charge >= 0.3 is 0 Å². The van der Waals surface area contributed by atoms with E-state index in [1.807, 2.05) is 41.7 Å². The molecule has 0 unspecified atom stereocenters. The number of anilines is 5. The van der Waals surface area contributed by atoms with Gasteiger partial charge in [-0.05, 0) is 72.8 Å². The molecule has 1 N–H and O–H groups in total. The van der Waals surface area contributed by atoms with E-state index in [2.05, 4.69) is 119 Å². The van der Waals surface area contributed by atoms with Crippen molar-refractivity contribution in [2.75, 3.05) is 10.2 Å². The summed E-state index contributed by atoms with van der Waals surface area (Å²) in [6.45, 7) is 0. The second-order valence-corrected chi connectivity index (χ2v) is 11.0. The van der Waals surface area contributed by atoms with Gasteiger partial charge in [0.1, 0.15) is 11.2 Å². The van der Waals surface area contributed by atoms with Crippen molar-refractivity contribution in [2.24, 2.45) is 0 Å². The molecular weight excluding hydrogens is 508 g/mol. The van der Waals surface area contributed by atoms with Gasteiger partial charge in [-0.25, -0.2) is 0 Å². The smallest absolute Gasteiger partial charge is 0.135 e. The highest BCUT2D eigenvalue weighted by atomic mass is 32.1. The summed E-state index contributed by atoms with van der Waals surface area (Å²) in [6, 6.07) is 49.0. The number of fused-ring (bicyclic) bond motifs is 6. The molecule has 0 aliphatic heterocycles. The van der Waals surface area contributed by atoms with Crippen molar-refractivity contribution >= 4 is 81.9 Å². The zero-order chi connectivity index (χ0) is 26.5. The average molecular weight is 533 g/mol. The van der Waals surface area contributed by atoms with Crippen LogP contribution >= 0.6 is 11.3 Å². The van der Waals surface area contributed by atoms with Crippen LogP contribution < -0.4 is 10.2 Å². The van der Waals surface area contributed by atoms with Crippen molar-refractivity contribution in [3.63, 3.8) is 0 Å². The van der Waals surface area contributed by atoms with Gasteiger partial charge in [0.15, 0.2) is 0 Å². The number of furan rings is 1. The molecule has 0 spiro atoms. The summed E-state index contributed by atoms with van der Waals surface area (Å²) in [4.78, 5) is 2.33. The second kappa shape index (κ2) is 9.30. The molecule has 0 amide bonds. The second-order valence-electron chi connectivity index (χ2n) is 9.93. The largest absolute Gasteiger partial charge is 0.456 e. The van der Waals surface area contributed by atoms with Gasteiger partial charge in [0.25, 0.3) is 0 Å². The fraction of sp³-hybridized carbons (Fsp3) is 0. The van der Waals surface area contributed by atoms with Crippen LogP contribution in [-0.2, 0) is 0 Å². The molecule has 2 aromatic heterocycles. The van der Waals surface area contributed by atoms with E-state index in [-0.39, 0.29) is 0 Å². The number of rotatable bonds is 5. The minimum Gasteiger partial charge on any atom is -0.456 e.